The molecule has 0 atom stereocenters. The first-order valence-corrected chi connectivity index (χ1v) is 5.81. The van der Waals surface area contributed by atoms with Crippen molar-refractivity contribution in [3.05, 3.63) is 51.4 Å². The zero-order chi connectivity index (χ0) is 12.1. The third-order valence-corrected chi connectivity index (χ3v) is 3.03. The number of hydrogen-bond acceptors (Lipinski definition) is 6. The van der Waals surface area contributed by atoms with E-state index in [9.17, 15) is 10.1 Å². The van der Waals surface area contributed by atoms with E-state index in [0.29, 0.717) is 13.1 Å². The van der Waals surface area contributed by atoms with Crippen LogP contribution in [0.4, 0.5) is 5.00 Å². The summed E-state index contributed by atoms with van der Waals surface area (Å²) in [5, 5.41) is 15.6. The first-order chi connectivity index (χ1) is 8.25. The molecule has 0 saturated heterocycles. The van der Waals surface area contributed by atoms with E-state index in [1.165, 1.54) is 6.33 Å². The molecule has 0 fully saturated rings. The van der Waals surface area contributed by atoms with Crippen molar-refractivity contribution in [3.8, 4) is 0 Å². The number of nitrogens with one attached hydrogen (secondary N) is 1. The maximum atomic E-state index is 10.5. The van der Waals surface area contributed by atoms with Gasteiger partial charge < -0.3 is 5.32 Å². The fraction of sp³-hybridized carbons (Fsp3) is 0.200. The van der Waals surface area contributed by atoms with Crippen LogP contribution in [0.5, 0.6) is 0 Å². The molecule has 2 rings (SSSR count). The Bertz CT molecular complexity index is 500. The number of nitro groups is 1. The van der Waals surface area contributed by atoms with E-state index in [-0.39, 0.29) is 9.92 Å². The summed E-state index contributed by atoms with van der Waals surface area (Å²) in [6, 6.07) is 3.40. The Morgan fingerprint density at radius 3 is 3.00 bits per heavy atom. The monoisotopic (exact) mass is 250 g/mol. The zero-order valence-corrected chi connectivity index (χ0v) is 9.68. The third-order valence-electron chi connectivity index (χ3n) is 2.10. The van der Waals surface area contributed by atoms with Crippen molar-refractivity contribution in [2.24, 2.45) is 0 Å². The average molecular weight is 250 g/mol. The molecule has 0 radical (unpaired) electrons. The van der Waals surface area contributed by atoms with Gasteiger partial charge in [0.25, 0.3) is 0 Å². The summed E-state index contributed by atoms with van der Waals surface area (Å²) in [6.45, 7) is 1.21. The predicted molar refractivity (Wildman–Crippen MR) is 63.5 cm³/mol. The molecule has 17 heavy (non-hydrogen) atoms. The van der Waals surface area contributed by atoms with Crippen LogP contribution in [0, 0.1) is 10.1 Å². The zero-order valence-electron chi connectivity index (χ0n) is 8.87. The van der Waals surface area contributed by atoms with E-state index >= 15 is 0 Å². The lowest BCUT2D eigenvalue weighted by atomic mass is 10.3. The highest BCUT2D eigenvalue weighted by Crippen LogP contribution is 2.22. The normalized spacial score (nSPS) is 10.4. The van der Waals surface area contributed by atoms with Crippen molar-refractivity contribution in [2.75, 3.05) is 0 Å². The van der Waals surface area contributed by atoms with Gasteiger partial charge in [0.1, 0.15) is 6.33 Å². The lowest BCUT2D eigenvalue weighted by Crippen LogP contribution is -2.13. The second-order valence-corrected chi connectivity index (χ2v) is 4.24. The van der Waals surface area contributed by atoms with Crippen LogP contribution in [0.3, 0.4) is 0 Å². The fourth-order valence-electron chi connectivity index (χ4n) is 1.31. The van der Waals surface area contributed by atoms with Crippen molar-refractivity contribution in [3.63, 3.8) is 0 Å². The maximum Gasteiger partial charge on any atom is 0.324 e. The van der Waals surface area contributed by atoms with Gasteiger partial charge in [-0.05, 0) is 11.6 Å². The maximum absolute atomic E-state index is 10.5. The van der Waals surface area contributed by atoms with E-state index in [4.69, 9.17) is 0 Å². The van der Waals surface area contributed by atoms with Gasteiger partial charge in [-0.3, -0.25) is 10.1 Å². The van der Waals surface area contributed by atoms with Crippen LogP contribution in [0.2, 0.25) is 0 Å². The molecule has 0 saturated carbocycles. The topological polar surface area (TPSA) is 81.0 Å². The summed E-state index contributed by atoms with van der Waals surface area (Å²) in [7, 11) is 0. The molecule has 0 amide bonds. The molecule has 1 N–H and O–H groups in total. The summed E-state index contributed by atoms with van der Waals surface area (Å²) in [5.41, 5.74) is 1.81. The molecule has 7 heteroatoms. The minimum Gasteiger partial charge on any atom is -0.307 e. The molecule has 2 aromatic rings. The van der Waals surface area contributed by atoms with Crippen LogP contribution in [-0.2, 0) is 13.1 Å². The minimum atomic E-state index is -0.376. The van der Waals surface area contributed by atoms with Crippen molar-refractivity contribution in [1.82, 2.24) is 15.3 Å². The molecule has 0 aliphatic heterocycles. The van der Waals surface area contributed by atoms with Gasteiger partial charge >= 0.3 is 5.00 Å². The minimum absolute atomic E-state index is 0.170. The summed E-state index contributed by atoms with van der Waals surface area (Å²) in [5.74, 6) is 0. The first kappa shape index (κ1) is 11.6. The van der Waals surface area contributed by atoms with Crippen LogP contribution >= 0.6 is 11.3 Å². The van der Waals surface area contributed by atoms with Gasteiger partial charge in [-0.1, -0.05) is 11.3 Å². The summed E-state index contributed by atoms with van der Waals surface area (Å²) in [6.07, 6.45) is 3.17. The van der Waals surface area contributed by atoms with Crippen LogP contribution < -0.4 is 5.32 Å². The Balaban J connectivity index is 1.84. The lowest BCUT2D eigenvalue weighted by molar-refractivity contribution is -0.380. The van der Waals surface area contributed by atoms with E-state index in [0.717, 1.165) is 22.6 Å². The molecule has 88 valence electrons. The lowest BCUT2D eigenvalue weighted by Gasteiger charge is -2.01. The highest BCUT2D eigenvalue weighted by atomic mass is 32.1. The Hall–Kier alpha value is -1.86. The van der Waals surface area contributed by atoms with Crippen LogP contribution in [0.1, 0.15) is 11.3 Å². The van der Waals surface area contributed by atoms with E-state index in [2.05, 4.69) is 15.3 Å². The number of aromatic nitrogens is 2. The summed E-state index contributed by atoms with van der Waals surface area (Å²) < 4.78 is 0. The number of hydrogen-bond donors (Lipinski definition) is 1. The first-order valence-electron chi connectivity index (χ1n) is 4.93. The molecule has 0 spiro atoms. The quantitative estimate of drug-likeness (QED) is 0.645. The number of rotatable bonds is 5. The fourth-order valence-corrected chi connectivity index (χ4v) is 2.04. The second-order valence-electron chi connectivity index (χ2n) is 3.35. The van der Waals surface area contributed by atoms with Gasteiger partial charge in [-0.25, -0.2) is 9.97 Å². The molecule has 2 aromatic heterocycles. The van der Waals surface area contributed by atoms with Gasteiger partial charge in [0.05, 0.1) is 10.6 Å². The molecule has 0 bridgehead atoms. The average Bonchev–Trinajstić information content (AvgIpc) is 2.79. The largest absolute Gasteiger partial charge is 0.324 e. The van der Waals surface area contributed by atoms with Crippen molar-refractivity contribution < 1.29 is 4.92 Å². The Kier molecular flexibility index (Phi) is 3.73. The summed E-state index contributed by atoms with van der Waals surface area (Å²) >= 11 is 1.14. The second kappa shape index (κ2) is 5.46. The SMILES string of the molecule is O=[N+]([O-])c1cc(CNCc2ccncn2)cs1. The van der Waals surface area contributed by atoms with Gasteiger partial charge in [0, 0.05) is 30.7 Å². The summed E-state index contributed by atoms with van der Waals surface area (Å²) in [4.78, 5) is 18.0. The standard InChI is InChI=1S/C10H10N4O2S/c15-14(16)10-3-8(6-17-10)4-12-5-9-1-2-11-7-13-9/h1-3,6-7,12H,4-5H2. The Labute approximate surface area is 102 Å². The van der Waals surface area contributed by atoms with Crippen molar-refractivity contribution in [2.45, 2.75) is 13.1 Å². The van der Waals surface area contributed by atoms with Crippen molar-refractivity contribution >= 4 is 16.3 Å². The smallest absolute Gasteiger partial charge is 0.307 e. The molecule has 0 aliphatic rings. The third kappa shape index (κ3) is 3.30. The number of nitrogens with zero attached hydrogens (tertiary/aromatic N) is 3. The van der Waals surface area contributed by atoms with Gasteiger partial charge in [-0.15, -0.1) is 0 Å². The van der Waals surface area contributed by atoms with E-state index in [1.54, 1.807) is 17.6 Å². The predicted octanol–water partition coefficient (Wildman–Crippen LogP) is 1.74. The van der Waals surface area contributed by atoms with Crippen LogP contribution in [0.25, 0.3) is 0 Å². The van der Waals surface area contributed by atoms with E-state index < -0.39 is 0 Å². The van der Waals surface area contributed by atoms with Gasteiger partial charge in [-0.2, -0.15) is 0 Å². The highest BCUT2D eigenvalue weighted by Gasteiger charge is 2.08. The van der Waals surface area contributed by atoms with Crippen molar-refractivity contribution in [1.29, 1.82) is 0 Å². The highest BCUT2D eigenvalue weighted by molar-refractivity contribution is 7.13. The van der Waals surface area contributed by atoms with Gasteiger partial charge in [0.2, 0.25) is 0 Å². The van der Waals surface area contributed by atoms with Crippen LogP contribution in [0.15, 0.2) is 30.0 Å². The molecular formula is C10H10N4O2S. The molecule has 0 aromatic carbocycles. The molecule has 6 nitrogen and oxygen atoms in total. The van der Waals surface area contributed by atoms with Crippen LogP contribution in [-0.4, -0.2) is 14.9 Å². The number of thiophene rings is 1. The van der Waals surface area contributed by atoms with Gasteiger partial charge in [0.15, 0.2) is 0 Å². The molecule has 0 unspecified atom stereocenters. The Morgan fingerprint density at radius 2 is 2.35 bits per heavy atom. The van der Waals surface area contributed by atoms with E-state index in [1.807, 2.05) is 6.07 Å². The molecular weight excluding hydrogens is 240 g/mol. The molecule has 2 heterocycles. The molecule has 0 aliphatic carbocycles. The Morgan fingerprint density at radius 1 is 1.47 bits per heavy atom.